The van der Waals surface area contributed by atoms with E-state index in [9.17, 15) is 9.59 Å². The van der Waals surface area contributed by atoms with Crippen LogP contribution in [0.15, 0.2) is 24.4 Å². The first kappa shape index (κ1) is 18.3. The summed E-state index contributed by atoms with van der Waals surface area (Å²) in [6.45, 7) is 0.933. The summed E-state index contributed by atoms with van der Waals surface area (Å²) in [4.78, 5) is 28.5. The summed E-state index contributed by atoms with van der Waals surface area (Å²) in [5.74, 6) is 2.38. The van der Waals surface area contributed by atoms with Crippen molar-refractivity contribution in [3.05, 3.63) is 30.1 Å². The van der Waals surface area contributed by atoms with Crippen LogP contribution in [-0.4, -0.2) is 35.6 Å². The zero-order valence-corrected chi connectivity index (χ0v) is 15.9. The van der Waals surface area contributed by atoms with Gasteiger partial charge in [-0.2, -0.15) is 0 Å². The molecule has 27 heavy (non-hydrogen) atoms. The van der Waals surface area contributed by atoms with E-state index < -0.39 is 0 Å². The van der Waals surface area contributed by atoms with Gasteiger partial charge in [-0.05, 0) is 68.4 Å². The second-order valence-electron chi connectivity index (χ2n) is 8.75. The largest absolute Gasteiger partial charge is 0.356 e. The number of rotatable bonds is 7. The molecule has 4 aliphatic rings. The Morgan fingerprint density at radius 1 is 1.00 bits per heavy atom. The first-order valence-electron chi connectivity index (χ1n) is 10.3. The normalized spacial score (nSPS) is 30.7. The number of aromatic nitrogens is 1. The van der Waals surface area contributed by atoms with E-state index in [1.54, 1.807) is 6.20 Å². The van der Waals surface area contributed by atoms with Crippen molar-refractivity contribution in [3.8, 4) is 0 Å². The molecule has 0 aliphatic heterocycles. The van der Waals surface area contributed by atoms with Crippen LogP contribution in [-0.2, 0) is 11.2 Å². The highest BCUT2D eigenvalue weighted by atomic mass is 16.2. The molecule has 4 bridgehead atoms. The van der Waals surface area contributed by atoms with E-state index in [2.05, 4.69) is 20.9 Å². The Labute approximate surface area is 160 Å². The van der Waals surface area contributed by atoms with Crippen molar-refractivity contribution in [2.24, 2.45) is 17.8 Å². The summed E-state index contributed by atoms with van der Waals surface area (Å²) in [6, 6.07) is 5.65. The van der Waals surface area contributed by atoms with Gasteiger partial charge in [0.1, 0.15) is 0 Å². The van der Waals surface area contributed by atoms with Gasteiger partial charge in [0.25, 0.3) is 0 Å². The SMILES string of the molecule is O=C(CCNC(=O)NC12CC3CC(CC(C3)C1)C2)NCCc1ccccn1. The quantitative estimate of drug-likeness (QED) is 0.689. The van der Waals surface area contributed by atoms with Gasteiger partial charge in [0.2, 0.25) is 5.91 Å². The van der Waals surface area contributed by atoms with E-state index in [0.717, 1.165) is 42.7 Å². The van der Waals surface area contributed by atoms with E-state index in [-0.39, 0.29) is 17.5 Å². The maximum atomic E-state index is 12.3. The number of carbonyl (C=O) groups is 2. The van der Waals surface area contributed by atoms with Crippen molar-refractivity contribution >= 4 is 11.9 Å². The molecule has 146 valence electrons. The second-order valence-corrected chi connectivity index (χ2v) is 8.75. The molecule has 6 heteroatoms. The maximum absolute atomic E-state index is 12.3. The van der Waals surface area contributed by atoms with Crippen molar-refractivity contribution in [3.63, 3.8) is 0 Å². The zero-order valence-electron chi connectivity index (χ0n) is 15.9. The minimum absolute atomic E-state index is 0.0176. The Hall–Kier alpha value is -2.11. The monoisotopic (exact) mass is 370 g/mol. The molecule has 0 aromatic carbocycles. The average molecular weight is 370 g/mol. The Balaban J connectivity index is 1.13. The molecule has 3 N–H and O–H groups in total. The predicted molar refractivity (Wildman–Crippen MR) is 103 cm³/mol. The lowest BCUT2D eigenvalue weighted by Gasteiger charge is -2.56. The fourth-order valence-electron chi connectivity index (χ4n) is 5.80. The zero-order chi connectivity index (χ0) is 18.7. The molecule has 5 rings (SSSR count). The standard InChI is InChI=1S/C21H30N4O2/c26-19(23-7-4-18-3-1-2-6-22-18)5-8-24-20(27)25-21-12-15-9-16(13-21)11-17(10-15)14-21/h1-3,6,15-17H,4-5,7-14H2,(H,23,26)(H2,24,25,27). The molecule has 0 spiro atoms. The van der Waals surface area contributed by atoms with Crippen LogP contribution in [0.1, 0.15) is 50.6 Å². The molecule has 1 aromatic heterocycles. The summed E-state index contributed by atoms with van der Waals surface area (Å²) < 4.78 is 0. The smallest absolute Gasteiger partial charge is 0.315 e. The van der Waals surface area contributed by atoms with Crippen molar-refractivity contribution in [2.45, 2.75) is 56.9 Å². The Bertz CT molecular complexity index is 641. The highest BCUT2D eigenvalue weighted by molar-refractivity contribution is 5.78. The lowest BCUT2D eigenvalue weighted by molar-refractivity contribution is -0.120. The first-order valence-corrected chi connectivity index (χ1v) is 10.3. The minimum Gasteiger partial charge on any atom is -0.356 e. The van der Waals surface area contributed by atoms with Gasteiger partial charge in [0.15, 0.2) is 0 Å². The van der Waals surface area contributed by atoms with Crippen LogP contribution < -0.4 is 16.0 Å². The van der Waals surface area contributed by atoms with Crippen LogP contribution >= 0.6 is 0 Å². The number of amides is 3. The molecule has 0 radical (unpaired) electrons. The van der Waals surface area contributed by atoms with Gasteiger partial charge in [-0.15, -0.1) is 0 Å². The van der Waals surface area contributed by atoms with E-state index in [1.165, 1.54) is 19.3 Å². The Kier molecular flexibility index (Phi) is 5.32. The molecule has 1 aromatic rings. The van der Waals surface area contributed by atoms with Crippen LogP contribution in [0.4, 0.5) is 4.79 Å². The summed E-state index contributed by atoms with van der Waals surface area (Å²) in [5.41, 5.74) is 0.981. The molecule has 4 saturated carbocycles. The highest BCUT2D eigenvalue weighted by Gasteiger charge is 2.51. The molecule has 4 aliphatic carbocycles. The molecular weight excluding hydrogens is 340 g/mol. The third-order valence-electron chi connectivity index (χ3n) is 6.48. The minimum atomic E-state index is -0.113. The third kappa shape index (κ3) is 4.60. The molecule has 0 saturated heterocycles. The number of hydrogen-bond acceptors (Lipinski definition) is 3. The molecule has 3 amide bonds. The van der Waals surface area contributed by atoms with Crippen LogP contribution in [0, 0.1) is 17.8 Å². The number of pyridine rings is 1. The van der Waals surface area contributed by atoms with Crippen LogP contribution in [0.2, 0.25) is 0 Å². The lowest BCUT2D eigenvalue weighted by Crippen LogP contribution is -2.61. The van der Waals surface area contributed by atoms with Gasteiger partial charge in [-0.1, -0.05) is 6.07 Å². The van der Waals surface area contributed by atoms with Crippen molar-refractivity contribution in [1.82, 2.24) is 20.9 Å². The van der Waals surface area contributed by atoms with Gasteiger partial charge in [-0.3, -0.25) is 9.78 Å². The fraction of sp³-hybridized carbons (Fsp3) is 0.667. The lowest BCUT2D eigenvalue weighted by atomic mass is 9.53. The molecule has 4 fully saturated rings. The molecular formula is C21H30N4O2. The number of urea groups is 1. The van der Waals surface area contributed by atoms with Crippen molar-refractivity contribution < 1.29 is 9.59 Å². The summed E-state index contributed by atoms with van der Waals surface area (Å²) in [5, 5.41) is 9.03. The highest BCUT2D eigenvalue weighted by Crippen LogP contribution is 2.55. The maximum Gasteiger partial charge on any atom is 0.315 e. The van der Waals surface area contributed by atoms with Crippen LogP contribution in [0.25, 0.3) is 0 Å². The topological polar surface area (TPSA) is 83.1 Å². The van der Waals surface area contributed by atoms with E-state index >= 15 is 0 Å². The third-order valence-corrected chi connectivity index (χ3v) is 6.48. The molecule has 1 heterocycles. The summed E-state index contributed by atoms with van der Waals surface area (Å²) in [7, 11) is 0. The van der Waals surface area contributed by atoms with Gasteiger partial charge < -0.3 is 16.0 Å². The molecule has 0 unspecified atom stereocenters. The fourth-order valence-corrected chi connectivity index (χ4v) is 5.80. The number of hydrogen-bond donors (Lipinski definition) is 3. The van der Waals surface area contributed by atoms with Crippen molar-refractivity contribution in [2.75, 3.05) is 13.1 Å². The number of carbonyl (C=O) groups excluding carboxylic acids is 2. The van der Waals surface area contributed by atoms with Gasteiger partial charge in [0, 0.05) is 43.4 Å². The first-order chi connectivity index (χ1) is 13.1. The second kappa shape index (κ2) is 7.87. The van der Waals surface area contributed by atoms with Gasteiger partial charge in [-0.25, -0.2) is 4.79 Å². The van der Waals surface area contributed by atoms with Gasteiger partial charge >= 0.3 is 6.03 Å². The van der Waals surface area contributed by atoms with Gasteiger partial charge in [0.05, 0.1) is 0 Å². The summed E-state index contributed by atoms with van der Waals surface area (Å²) >= 11 is 0. The summed E-state index contributed by atoms with van der Waals surface area (Å²) in [6.07, 6.45) is 10.3. The number of nitrogens with one attached hydrogen (secondary N) is 3. The van der Waals surface area contributed by atoms with Crippen LogP contribution in [0.5, 0.6) is 0 Å². The predicted octanol–water partition coefficient (Wildman–Crippen LogP) is 2.40. The van der Waals surface area contributed by atoms with Crippen LogP contribution in [0.3, 0.4) is 0 Å². The molecule has 0 atom stereocenters. The van der Waals surface area contributed by atoms with E-state index in [0.29, 0.717) is 25.9 Å². The Morgan fingerprint density at radius 2 is 1.70 bits per heavy atom. The number of nitrogens with zero attached hydrogens (tertiary/aromatic N) is 1. The van der Waals surface area contributed by atoms with E-state index in [4.69, 9.17) is 0 Å². The molecule has 6 nitrogen and oxygen atoms in total. The Morgan fingerprint density at radius 3 is 2.33 bits per heavy atom. The van der Waals surface area contributed by atoms with E-state index in [1.807, 2.05) is 18.2 Å². The van der Waals surface area contributed by atoms with Crippen molar-refractivity contribution in [1.29, 1.82) is 0 Å². The average Bonchev–Trinajstić information content (AvgIpc) is 2.61.